The molecule has 3 aromatic carbocycles. The number of hydrogen-bond donors (Lipinski definition) is 1. The highest BCUT2D eigenvalue weighted by Gasteiger charge is 2.43. The molecule has 1 N–H and O–H groups in total. The predicted octanol–water partition coefficient (Wildman–Crippen LogP) is 5.18. The Morgan fingerprint density at radius 1 is 1.00 bits per heavy atom. The average molecular weight is 560 g/mol. The van der Waals surface area contributed by atoms with Gasteiger partial charge in [0.2, 0.25) is 5.91 Å². The maximum absolute atomic E-state index is 14.0. The average Bonchev–Trinajstić information content (AvgIpc) is 3.32. The van der Waals surface area contributed by atoms with Crippen LogP contribution in [0.3, 0.4) is 0 Å². The molecule has 7 nitrogen and oxygen atoms in total. The summed E-state index contributed by atoms with van der Waals surface area (Å²) in [5.74, 6) is 0.0877. The number of alkyl halides is 3. The van der Waals surface area contributed by atoms with Crippen LogP contribution in [0.25, 0.3) is 0 Å². The highest BCUT2D eigenvalue weighted by Crippen LogP contribution is 2.35. The van der Waals surface area contributed by atoms with Gasteiger partial charge < -0.3 is 9.47 Å². The minimum Gasteiger partial charge on any atom is -0.457 e. The fraction of sp³-hybridized carbons (Fsp3) is 0.286. The van der Waals surface area contributed by atoms with Gasteiger partial charge in [-0.25, -0.2) is 0 Å². The maximum Gasteiger partial charge on any atom is 0.416 e. The Bertz CT molecular complexity index is 1330. The van der Waals surface area contributed by atoms with E-state index in [-0.39, 0.29) is 12.1 Å². The minimum absolute atomic E-state index is 0.170. The summed E-state index contributed by atoms with van der Waals surface area (Å²) in [5.41, 5.74) is -0.0566. The van der Waals surface area contributed by atoms with Crippen LogP contribution in [-0.2, 0) is 20.5 Å². The number of nitrogens with zero attached hydrogens (tertiary/aromatic N) is 2. The van der Waals surface area contributed by atoms with Gasteiger partial charge in [-0.2, -0.15) is 13.2 Å². The van der Waals surface area contributed by atoms with Gasteiger partial charge in [-0.1, -0.05) is 35.9 Å². The van der Waals surface area contributed by atoms with Crippen LogP contribution in [0.2, 0.25) is 5.02 Å². The molecule has 2 heterocycles. The molecule has 2 unspecified atom stereocenters. The molecular weight excluding hydrogens is 535 g/mol. The minimum atomic E-state index is -4.56. The second-order valence-corrected chi connectivity index (χ2v) is 9.62. The highest BCUT2D eigenvalue weighted by atomic mass is 35.5. The van der Waals surface area contributed by atoms with Crippen molar-refractivity contribution in [1.82, 2.24) is 15.1 Å². The molecule has 2 aliphatic rings. The zero-order valence-electron chi connectivity index (χ0n) is 20.7. The quantitative estimate of drug-likeness (QED) is 0.449. The third-order valence-electron chi connectivity index (χ3n) is 6.63. The first-order valence-corrected chi connectivity index (χ1v) is 12.7. The highest BCUT2D eigenvalue weighted by molar-refractivity contribution is 6.30. The van der Waals surface area contributed by atoms with E-state index >= 15 is 0 Å². The van der Waals surface area contributed by atoms with Crippen LogP contribution in [0.1, 0.15) is 28.9 Å². The zero-order chi connectivity index (χ0) is 27.6. The van der Waals surface area contributed by atoms with Crippen LogP contribution >= 0.6 is 11.6 Å². The number of halogens is 4. The van der Waals surface area contributed by atoms with Crippen molar-refractivity contribution in [3.8, 4) is 11.5 Å². The Balaban J connectivity index is 1.44. The molecule has 0 spiro atoms. The van der Waals surface area contributed by atoms with Crippen molar-refractivity contribution in [2.75, 3.05) is 32.8 Å². The van der Waals surface area contributed by atoms with Gasteiger partial charge in [-0.3, -0.25) is 24.7 Å². The molecule has 2 atom stereocenters. The zero-order valence-corrected chi connectivity index (χ0v) is 21.4. The molecule has 2 fully saturated rings. The first kappa shape index (κ1) is 27.1. The van der Waals surface area contributed by atoms with Crippen molar-refractivity contribution in [1.29, 1.82) is 0 Å². The lowest BCUT2D eigenvalue weighted by Crippen LogP contribution is -2.48. The van der Waals surface area contributed by atoms with Crippen LogP contribution in [-0.4, -0.2) is 54.5 Å². The normalized spacial score (nSPS) is 19.2. The Labute approximate surface area is 228 Å². The van der Waals surface area contributed by atoms with E-state index in [1.54, 1.807) is 48.5 Å². The Hall–Kier alpha value is -3.44. The van der Waals surface area contributed by atoms with Gasteiger partial charge in [0.1, 0.15) is 23.7 Å². The number of nitrogens with one attached hydrogen (secondary N) is 1. The van der Waals surface area contributed by atoms with Gasteiger partial charge in [-0.05, 0) is 59.7 Å². The molecule has 11 heteroatoms. The second-order valence-electron chi connectivity index (χ2n) is 9.18. The molecule has 3 aromatic rings. The van der Waals surface area contributed by atoms with E-state index in [9.17, 15) is 22.8 Å². The molecule has 2 saturated heterocycles. The van der Waals surface area contributed by atoms with Crippen molar-refractivity contribution >= 4 is 23.4 Å². The van der Waals surface area contributed by atoms with Gasteiger partial charge in [0.25, 0.3) is 5.91 Å². The van der Waals surface area contributed by atoms with Crippen LogP contribution in [0.4, 0.5) is 13.2 Å². The van der Waals surface area contributed by atoms with Crippen LogP contribution in [0.5, 0.6) is 11.5 Å². The molecule has 0 aliphatic carbocycles. The van der Waals surface area contributed by atoms with E-state index in [2.05, 4.69) is 5.32 Å². The van der Waals surface area contributed by atoms with Crippen molar-refractivity contribution in [3.63, 3.8) is 0 Å². The molecule has 0 bridgehead atoms. The molecule has 0 radical (unpaired) electrons. The van der Waals surface area contributed by atoms with Gasteiger partial charge >= 0.3 is 6.18 Å². The van der Waals surface area contributed by atoms with Crippen molar-refractivity contribution in [3.05, 3.63) is 94.5 Å². The summed E-state index contributed by atoms with van der Waals surface area (Å²) in [6.45, 7) is 1.54. The van der Waals surface area contributed by atoms with Gasteiger partial charge in [0, 0.05) is 18.1 Å². The number of carbonyl (C=O) groups excluding carboxylic acids is 2. The number of benzene rings is 3. The maximum atomic E-state index is 14.0. The number of carbonyl (C=O) groups is 2. The lowest BCUT2D eigenvalue weighted by Gasteiger charge is -2.36. The van der Waals surface area contributed by atoms with Crippen LogP contribution < -0.4 is 10.1 Å². The van der Waals surface area contributed by atoms with Crippen LogP contribution in [0, 0.1) is 0 Å². The Morgan fingerprint density at radius 3 is 2.28 bits per heavy atom. The molecular formula is C28H25ClF3N3O4. The first-order chi connectivity index (χ1) is 18.7. The number of rotatable bonds is 6. The third kappa shape index (κ3) is 6.09. The summed E-state index contributed by atoms with van der Waals surface area (Å²) < 4.78 is 51.4. The van der Waals surface area contributed by atoms with E-state index in [4.69, 9.17) is 21.1 Å². The standard InChI is InChI=1S/C28H25ClF3N3O4/c29-21-6-10-23(11-7-21)39-22-8-4-18(5-9-22)25(34-12-14-38-15-13-34)27(37)35-24(36)17-33-26(35)19-2-1-3-20(16-19)28(30,31)32/h1-11,16,25-26,33H,12-15,17H2. The largest absolute Gasteiger partial charge is 0.457 e. The molecule has 0 aromatic heterocycles. The van der Waals surface area contributed by atoms with E-state index in [1.807, 2.05) is 4.90 Å². The summed E-state index contributed by atoms with van der Waals surface area (Å²) in [7, 11) is 0. The van der Waals surface area contributed by atoms with Crippen LogP contribution in [0.15, 0.2) is 72.8 Å². The number of imide groups is 1. The number of amides is 2. The van der Waals surface area contributed by atoms with Crippen molar-refractivity contribution in [2.24, 2.45) is 0 Å². The predicted molar refractivity (Wildman–Crippen MR) is 137 cm³/mol. The smallest absolute Gasteiger partial charge is 0.416 e. The molecule has 0 saturated carbocycles. The lowest BCUT2D eigenvalue weighted by molar-refractivity contribution is -0.149. The number of morpholine rings is 1. The molecule has 2 amide bonds. The second kappa shape index (κ2) is 11.4. The summed E-state index contributed by atoms with van der Waals surface area (Å²) in [4.78, 5) is 29.9. The van der Waals surface area contributed by atoms with E-state index < -0.39 is 35.8 Å². The van der Waals surface area contributed by atoms with Gasteiger partial charge in [0.15, 0.2) is 0 Å². The Morgan fingerprint density at radius 2 is 1.64 bits per heavy atom. The Kier molecular flexibility index (Phi) is 7.90. The summed E-state index contributed by atoms with van der Waals surface area (Å²) in [5, 5.41) is 3.48. The van der Waals surface area contributed by atoms with Crippen molar-refractivity contribution < 1.29 is 32.2 Å². The first-order valence-electron chi connectivity index (χ1n) is 12.3. The molecule has 2 aliphatic heterocycles. The fourth-order valence-electron chi connectivity index (χ4n) is 4.74. The molecule has 5 rings (SSSR count). The number of ether oxygens (including phenoxy) is 2. The third-order valence-corrected chi connectivity index (χ3v) is 6.88. The summed E-state index contributed by atoms with van der Waals surface area (Å²) in [6.07, 6.45) is -5.58. The fourth-order valence-corrected chi connectivity index (χ4v) is 4.87. The SMILES string of the molecule is O=C1CNC(c2cccc(C(F)(F)F)c2)N1C(=O)C(c1ccc(Oc2ccc(Cl)cc2)cc1)N1CCOCC1. The number of hydrogen-bond acceptors (Lipinski definition) is 6. The summed E-state index contributed by atoms with van der Waals surface area (Å²) in [6, 6.07) is 17.6. The summed E-state index contributed by atoms with van der Waals surface area (Å²) >= 11 is 5.93. The lowest BCUT2D eigenvalue weighted by atomic mass is 10.0. The van der Waals surface area contributed by atoms with E-state index in [0.717, 1.165) is 17.0 Å². The molecule has 204 valence electrons. The van der Waals surface area contributed by atoms with E-state index in [0.29, 0.717) is 48.4 Å². The van der Waals surface area contributed by atoms with Gasteiger partial charge in [-0.15, -0.1) is 0 Å². The van der Waals surface area contributed by atoms with Gasteiger partial charge in [0.05, 0.1) is 25.3 Å². The monoisotopic (exact) mass is 559 g/mol. The van der Waals surface area contributed by atoms with E-state index in [1.165, 1.54) is 12.1 Å². The molecule has 39 heavy (non-hydrogen) atoms. The van der Waals surface area contributed by atoms with Crippen molar-refractivity contribution in [2.45, 2.75) is 18.4 Å². The topological polar surface area (TPSA) is 71.1 Å².